The molecule has 0 aliphatic heterocycles. The van der Waals surface area contributed by atoms with Crippen LogP contribution in [0, 0.1) is 0 Å². The van der Waals surface area contributed by atoms with Crippen LogP contribution in [0.4, 0.5) is 5.69 Å². The third kappa shape index (κ3) is 2.95. The number of hydrogen-bond acceptors (Lipinski definition) is 3. The highest BCUT2D eigenvalue weighted by atomic mass is 16.3. The van der Waals surface area contributed by atoms with E-state index in [1.807, 2.05) is 30.3 Å². The minimum absolute atomic E-state index is 0.0852. The topological polar surface area (TPSA) is 83.6 Å². The van der Waals surface area contributed by atoms with E-state index in [0.717, 1.165) is 10.5 Å². The number of nitrogens with zero attached hydrogens (tertiary/aromatic N) is 1. The molecule has 0 spiro atoms. The molecule has 0 aliphatic rings. The molecule has 0 bridgehead atoms. The van der Waals surface area contributed by atoms with Gasteiger partial charge < -0.3 is 10.8 Å². The quantitative estimate of drug-likeness (QED) is 0.827. The van der Waals surface area contributed by atoms with Crippen molar-refractivity contribution in [2.45, 2.75) is 6.54 Å². The smallest absolute Gasteiger partial charge is 0.316 e. The monoisotopic (exact) mass is 270 g/mol. The predicted molar refractivity (Wildman–Crippen MR) is 74.9 cm³/mol. The molecule has 20 heavy (non-hydrogen) atoms. The lowest BCUT2D eigenvalue weighted by Crippen LogP contribution is -2.40. The standard InChI is InChI=1S/C15H14N2O3/c16-14(19)15(20)17(10-11-6-2-1-3-7-11)12-8-4-5-9-13(12)18/h1-9,18H,10H2,(H2,16,19). The van der Waals surface area contributed by atoms with Crippen LogP contribution in [0.2, 0.25) is 0 Å². The molecule has 2 aromatic rings. The highest BCUT2D eigenvalue weighted by Gasteiger charge is 2.23. The Balaban J connectivity index is 2.38. The molecule has 0 atom stereocenters. The number of rotatable bonds is 3. The molecule has 2 aromatic carbocycles. The highest BCUT2D eigenvalue weighted by molar-refractivity contribution is 6.39. The van der Waals surface area contributed by atoms with Crippen molar-refractivity contribution >= 4 is 17.5 Å². The van der Waals surface area contributed by atoms with Gasteiger partial charge in [-0.2, -0.15) is 0 Å². The maximum absolute atomic E-state index is 11.9. The number of carbonyl (C=O) groups is 2. The predicted octanol–water partition coefficient (Wildman–Crippen LogP) is 1.41. The van der Waals surface area contributed by atoms with Gasteiger partial charge in [0.2, 0.25) is 0 Å². The van der Waals surface area contributed by atoms with Crippen molar-refractivity contribution in [3.63, 3.8) is 0 Å². The van der Waals surface area contributed by atoms with E-state index in [0.29, 0.717) is 0 Å². The number of primary amides is 1. The van der Waals surface area contributed by atoms with Gasteiger partial charge >= 0.3 is 11.8 Å². The molecule has 2 rings (SSSR count). The van der Waals surface area contributed by atoms with Gasteiger partial charge in [0.1, 0.15) is 5.75 Å². The van der Waals surface area contributed by atoms with E-state index in [-0.39, 0.29) is 18.0 Å². The van der Waals surface area contributed by atoms with Crippen LogP contribution in [0.1, 0.15) is 5.56 Å². The Morgan fingerprint density at radius 1 is 1.00 bits per heavy atom. The summed E-state index contributed by atoms with van der Waals surface area (Å²) in [6, 6.07) is 15.4. The highest BCUT2D eigenvalue weighted by Crippen LogP contribution is 2.27. The third-order valence-electron chi connectivity index (χ3n) is 2.81. The summed E-state index contributed by atoms with van der Waals surface area (Å²) < 4.78 is 0. The molecule has 0 saturated heterocycles. The average molecular weight is 270 g/mol. The number of amides is 2. The Kier molecular flexibility index (Phi) is 4.00. The first kappa shape index (κ1) is 13.6. The van der Waals surface area contributed by atoms with Crippen LogP contribution in [0.15, 0.2) is 54.6 Å². The van der Waals surface area contributed by atoms with E-state index < -0.39 is 11.8 Å². The van der Waals surface area contributed by atoms with Gasteiger partial charge in [0.25, 0.3) is 0 Å². The average Bonchev–Trinajstić information content (AvgIpc) is 2.46. The molecule has 0 heterocycles. The maximum atomic E-state index is 11.9. The Bertz CT molecular complexity index is 626. The van der Waals surface area contributed by atoms with E-state index in [4.69, 9.17) is 5.73 Å². The molecular weight excluding hydrogens is 256 g/mol. The Morgan fingerprint density at radius 2 is 1.60 bits per heavy atom. The van der Waals surface area contributed by atoms with Gasteiger partial charge in [-0.25, -0.2) is 0 Å². The van der Waals surface area contributed by atoms with Crippen molar-refractivity contribution < 1.29 is 14.7 Å². The largest absolute Gasteiger partial charge is 0.506 e. The first-order valence-corrected chi connectivity index (χ1v) is 6.03. The number of nitrogens with two attached hydrogens (primary N) is 1. The SMILES string of the molecule is NC(=O)C(=O)N(Cc1ccccc1)c1ccccc1O. The Labute approximate surface area is 116 Å². The van der Waals surface area contributed by atoms with Crippen molar-refractivity contribution in [3.05, 3.63) is 60.2 Å². The van der Waals surface area contributed by atoms with Gasteiger partial charge in [-0.1, -0.05) is 42.5 Å². The molecule has 102 valence electrons. The van der Waals surface area contributed by atoms with Gasteiger partial charge in [0.15, 0.2) is 0 Å². The zero-order chi connectivity index (χ0) is 14.5. The van der Waals surface area contributed by atoms with Crippen molar-refractivity contribution in [1.82, 2.24) is 0 Å². The minimum Gasteiger partial charge on any atom is -0.506 e. The van der Waals surface area contributed by atoms with E-state index in [1.54, 1.807) is 18.2 Å². The second-order valence-corrected chi connectivity index (χ2v) is 4.23. The summed E-state index contributed by atoms with van der Waals surface area (Å²) in [6.07, 6.45) is 0. The number of phenolic OH excluding ortho intramolecular Hbond substituents is 1. The van der Waals surface area contributed by atoms with Crippen LogP contribution in [0.25, 0.3) is 0 Å². The summed E-state index contributed by atoms with van der Waals surface area (Å²) in [5, 5.41) is 9.84. The van der Waals surface area contributed by atoms with Gasteiger partial charge in [0.05, 0.1) is 12.2 Å². The molecule has 0 aromatic heterocycles. The van der Waals surface area contributed by atoms with Crippen LogP contribution in [0.5, 0.6) is 5.75 Å². The summed E-state index contributed by atoms with van der Waals surface area (Å²) in [4.78, 5) is 24.3. The fourth-order valence-electron chi connectivity index (χ4n) is 1.86. The lowest BCUT2D eigenvalue weighted by molar-refractivity contribution is -0.135. The third-order valence-corrected chi connectivity index (χ3v) is 2.81. The first-order valence-electron chi connectivity index (χ1n) is 6.03. The normalized spacial score (nSPS) is 10.0. The molecular formula is C15H14N2O3. The van der Waals surface area contributed by atoms with Gasteiger partial charge in [-0.05, 0) is 17.7 Å². The lowest BCUT2D eigenvalue weighted by Gasteiger charge is -2.22. The fraction of sp³-hybridized carbons (Fsp3) is 0.0667. The fourth-order valence-corrected chi connectivity index (χ4v) is 1.86. The number of hydrogen-bond donors (Lipinski definition) is 2. The number of para-hydroxylation sites is 2. The zero-order valence-corrected chi connectivity index (χ0v) is 10.7. The van der Waals surface area contributed by atoms with E-state index >= 15 is 0 Å². The van der Waals surface area contributed by atoms with E-state index in [9.17, 15) is 14.7 Å². The van der Waals surface area contributed by atoms with Crippen molar-refractivity contribution in [1.29, 1.82) is 0 Å². The summed E-state index contributed by atoms with van der Waals surface area (Å²) in [5.41, 5.74) is 6.14. The van der Waals surface area contributed by atoms with Gasteiger partial charge in [0, 0.05) is 0 Å². The van der Waals surface area contributed by atoms with Gasteiger partial charge in [-0.15, -0.1) is 0 Å². The van der Waals surface area contributed by atoms with Crippen LogP contribution in [0.3, 0.4) is 0 Å². The second-order valence-electron chi connectivity index (χ2n) is 4.23. The summed E-state index contributed by atoms with van der Waals surface area (Å²) >= 11 is 0. The number of anilines is 1. The second kappa shape index (κ2) is 5.88. The van der Waals surface area contributed by atoms with E-state index in [2.05, 4.69) is 0 Å². The molecule has 5 heteroatoms. The molecule has 0 saturated carbocycles. The summed E-state index contributed by atoms with van der Waals surface area (Å²) in [5.74, 6) is -2.02. The molecule has 0 unspecified atom stereocenters. The van der Waals surface area contributed by atoms with Crippen molar-refractivity contribution in [2.24, 2.45) is 5.73 Å². The number of benzene rings is 2. The van der Waals surface area contributed by atoms with Crippen LogP contribution < -0.4 is 10.6 Å². The van der Waals surface area contributed by atoms with Crippen molar-refractivity contribution in [2.75, 3.05) is 4.90 Å². The molecule has 3 N–H and O–H groups in total. The summed E-state index contributed by atoms with van der Waals surface area (Å²) in [6.45, 7) is 0.153. The van der Waals surface area contributed by atoms with Crippen LogP contribution in [-0.4, -0.2) is 16.9 Å². The molecule has 0 aliphatic carbocycles. The first-order chi connectivity index (χ1) is 9.59. The Morgan fingerprint density at radius 3 is 2.20 bits per heavy atom. The molecule has 0 fully saturated rings. The van der Waals surface area contributed by atoms with Crippen LogP contribution >= 0.6 is 0 Å². The Hall–Kier alpha value is -2.82. The minimum atomic E-state index is -1.07. The van der Waals surface area contributed by atoms with Gasteiger partial charge in [-0.3, -0.25) is 14.5 Å². The lowest BCUT2D eigenvalue weighted by atomic mass is 10.2. The maximum Gasteiger partial charge on any atom is 0.316 e. The zero-order valence-electron chi connectivity index (χ0n) is 10.7. The number of carbonyl (C=O) groups excluding carboxylic acids is 2. The van der Waals surface area contributed by atoms with Crippen molar-refractivity contribution in [3.8, 4) is 5.75 Å². The molecule has 5 nitrogen and oxygen atoms in total. The molecule has 0 radical (unpaired) electrons. The number of phenols is 1. The number of aromatic hydroxyl groups is 1. The van der Waals surface area contributed by atoms with Crippen LogP contribution in [-0.2, 0) is 16.1 Å². The summed E-state index contributed by atoms with van der Waals surface area (Å²) in [7, 11) is 0. The van der Waals surface area contributed by atoms with E-state index in [1.165, 1.54) is 6.07 Å². The molecule has 2 amide bonds.